The molecule has 3 heterocycles. The largest absolute Gasteiger partial charge is 0.367 e. The third kappa shape index (κ3) is 4.55. The third-order valence-corrected chi connectivity index (χ3v) is 6.87. The summed E-state index contributed by atoms with van der Waals surface area (Å²) in [6.45, 7) is 6.40. The molecule has 0 spiro atoms. The van der Waals surface area contributed by atoms with Crippen LogP contribution in [0.3, 0.4) is 0 Å². The quantitative estimate of drug-likeness (QED) is 0.710. The second-order valence-electron chi connectivity index (χ2n) is 9.16. The van der Waals surface area contributed by atoms with Crippen LogP contribution in [0, 0.1) is 11.7 Å². The number of carbonyl (C=O) groups excluding carboxylic acids is 2. The summed E-state index contributed by atoms with van der Waals surface area (Å²) in [5, 5.41) is 5.77. The van der Waals surface area contributed by atoms with Crippen molar-refractivity contribution < 1.29 is 14.0 Å². The first-order chi connectivity index (χ1) is 16.5. The van der Waals surface area contributed by atoms with E-state index in [2.05, 4.69) is 38.7 Å². The SMILES string of the molecule is CCC(=O)Nc1ccc(N2CCN(Cc3ccc4c(c3)NC(=O)C3CCCN=C43)CC2)c(F)c1. The molecule has 8 heteroatoms. The highest BCUT2D eigenvalue weighted by Crippen LogP contribution is 2.32. The second kappa shape index (κ2) is 9.54. The van der Waals surface area contributed by atoms with Crippen LogP contribution in [0.15, 0.2) is 41.4 Å². The first kappa shape index (κ1) is 22.5. The number of anilines is 3. The molecule has 2 aromatic carbocycles. The number of nitrogens with one attached hydrogen (secondary N) is 2. The lowest BCUT2D eigenvalue weighted by Gasteiger charge is -2.36. The van der Waals surface area contributed by atoms with Crippen LogP contribution in [0.25, 0.3) is 0 Å². The Hall–Kier alpha value is -3.26. The van der Waals surface area contributed by atoms with Gasteiger partial charge in [0.15, 0.2) is 0 Å². The van der Waals surface area contributed by atoms with Crippen molar-refractivity contribution in [3.8, 4) is 0 Å². The minimum absolute atomic E-state index is 0.0546. The average molecular weight is 464 g/mol. The van der Waals surface area contributed by atoms with Crippen molar-refractivity contribution in [2.45, 2.75) is 32.7 Å². The normalized spacial score (nSPS) is 20.2. The van der Waals surface area contributed by atoms with Crippen LogP contribution in [-0.4, -0.2) is 55.1 Å². The van der Waals surface area contributed by atoms with Crippen molar-refractivity contribution >= 4 is 34.6 Å². The van der Waals surface area contributed by atoms with E-state index in [1.807, 2.05) is 4.90 Å². The van der Waals surface area contributed by atoms with Gasteiger partial charge in [-0.15, -0.1) is 0 Å². The van der Waals surface area contributed by atoms with Gasteiger partial charge in [0.05, 0.1) is 23.0 Å². The number of benzene rings is 2. The fourth-order valence-corrected chi connectivity index (χ4v) is 5.00. The molecular weight excluding hydrogens is 433 g/mol. The zero-order chi connectivity index (χ0) is 23.7. The molecule has 2 amide bonds. The van der Waals surface area contributed by atoms with Gasteiger partial charge in [-0.25, -0.2) is 4.39 Å². The van der Waals surface area contributed by atoms with Crippen molar-refractivity contribution in [2.75, 3.05) is 48.3 Å². The molecule has 7 nitrogen and oxygen atoms in total. The number of carbonyl (C=O) groups is 2. The van der Waals surface area contributed by atoms with Gasteiger partial charge in [-0.2, -0.15) is 0 Å². The second-order valence-corrected chi connectivity index (χ2v) is 9.16. The highest BCUT2D eigenvalue weighted by Gasteiger charge is 2.33. The maximum Gasteiger partial charge on any atom is 0.233 e. The summed E-state index contributed by atoms with van der Waals surface area (Å²) >= 11 is 0. The number of nitrogens with zero attached hydrogens (tertiary/aromatic N) is 3. The zero-order valence-corrected chi connectivity index (χ0v) is 19.4. The maximum atomic E-state index is 14.7. The molecule has 2 N–H and O–H groups in total. The van der Waals surface area contributed by atoms with E-state index in [4.69, 9.17) is 0 Å². The lowest BCUT2D eigenvalue weighted by Crippen LogP contribution is -2.46. The summed E-state index contributed by atoms with van der Waals surface area (Å²) in [5.74, 6) is -0.512. The Morgan fingerprint density at radius 1 is 1.18 bits per heavy atom. The fraction of sp³-hybridized carbons (Fsp3) is 0.423. The van der Waals surface area contributed by atoms with Gasteiger partial charge in [0, 0.05) is 56.9 Å². The fourth-order valence-electron chi connectivity index (χ4n) is 5.00. The molecule has 0 aromatic heterocycles. The molecular formula is C26H30FN5O2. The third-order valence-electron chi connectivity index (χ3n) is 6.87. The van der Waals surface area contributed by atoms with E-state index in [-0.39, 0.29) is 23.5 Å². The Labute approximate surface area is 199 Å². The maximum absolute atomic E-state index is 14.7. The molecule has 0 saturated carbocycles. The minimum Gasteiger partial charge on any atom is -0.367 e. The van der Waals surface area contributed by atoms with Crippen LogP contribution in [0.5, 0.6) is 0 Å². The lowest BCUT2D eigenvalue weighted by molar-refractivity contribution is -0.118. The smallest absolute Gasteiger partial charge is 0.233 e. The van der Waals surface area contributed by atoms with Crippen molar-refractivity contribution in [2.24, 2.45) is 10.9 Å². The van der Waals surface area contributed by atoms with Crippen LogP contribution in [0.4, 0.5) is 21.5 Å². The van der Waals surface area contributed by atoms with E-state index >= 15 is 0 Å². The van der Waals surface area contributed by atoms with Crippen LogP contribution < -0.4 is 15.5 Å². The van der Waals surface area contributed by atoms with Crippen LogP contribution in [0.2, 0.25) is 0 Å². The number of hydrogen-bond acceptors (Lipinski definition) is 5. The van der Waals surface area contributed by atoms with Gasteiger partial charge < -0.3 is 15.5 Å². The molecule has 0 bridgehead atoms. The van der Waals surface area contributed by atoms with Gasteiger partial charge in [-0.3, -0.25) is 19.5 Å². The molecule has 1 atom stereocenters. The summed E-state index contributed by atoms with van der Waals surface area (Å²) in [6, 6.07) is 11.2. The molecule has 34 heavy (non-hydrogen) atoms. The predicted molar refractivity (Wildman–Crippen MR) is 132 cm³/mol. The number of halogens is 1. The van der Waals surface area contributed by atoms with Gasteiger partial charge >= 0.3 is 0 Å². The highest BCUT2D eigenvalue weighted by atomic mass is 19.1. The van der Waals surface area contributed by atoms with E-state index < -0.39 is 0 Å². The van der Waals surface area contributed by atoms with Gasteiger partial charge in [-0.1, -0.05) is 19.1 Å². The van der Waals surface area contributed by atoms with Crippen molar-refractivity contribution in [3.05, 3.63) is 53.3 Å². The summed E-state index contributed by atoms with van der Waals surface area (Å²) in [4.78, 5) is 33.1. The van der Waals surface area contributed by atoms with Gasteiger partial charge in [0.25, 0.3) is 0 Å². The van der Waals surface area contributed by atoms with Crippen molar-refractivity contribution in [3.63, 3.8) is 0 Å². The molecule has 5 rings (SSSR count). The first-order valence-corrected chi connectivity index (χ1v) is 12.1. The molecule has 3 aliphatic heterocycles. The predicted octanol–water partition coefficient (Wildman–Crippen LogP) is 3.65. The number of amides is 2. The van der Waals surface area contributed by atoms with E-state index in [0.717, 1.165) is 74.6 Å². The average Bonchev–Trinajstić information content (AvgIpc) is 2.85. The minimum atomic E-state index is -0.322. The van der Waals surface area contributed by atoms with Crippen LogP contribution in [-0.2, 0) is 16.1 Å². The molecule has 1 unspecified atom stereocenters. The highest BCUT2D eigenvalue weighted by molar-refractivity contribution is 6.23. The first-order valence-electron chi connectivity index (χ1n) is 12.1. The Morgan fingerprint density at radius 2 is 2.00 bits per heavy atom. The zero-order valence-electron chi connectivity index (χ0n) is 19.4. The van der Waals surface area contributed by atoms with Gasteiger partial charge in [0.1, 0.15) is 5.82 Å². The molecule has 3 aliphatic rings. The Kier molecular flexibility index (Phi) is 6.32. The Bertz CT molecular complexity index is 1140. The summed E-state index contributed by atoms with van der Waals surface area (Å²) in [6.07, 6.45) is 2.19. The Morgan fingerprint density at radius 3 is 2.76 bits per heavy atom. The summed E-state index contributed by atoms with van der Waals surface area (Å²) in [5.41, 5.74) is 5.03. The number of piperazine rings is 1. The molecule has 0 radical (unpaired) electrons. The molecule has 2 aromatic rings. The van der Waals surface area contributed by atoms with E-state index in [0.29, 0.717) is 17.8 Å². The van der Waals surface area contributed by atoms with Gasteiger partial charge in [-0.05, 0) is 42.7 Å². The summed E-state index contributed by atoms with van der Waals surface area (Å²) in [7, 11) is 0. The molecule has 0 aliphatic carbocycles. The van der Waals surface area contributed by atoms with E-state index in [9.17, 15) is 14.0 Å². The van der Waals surface area contributed by atoms with Crippen molar-refractivity contribution in [1.82, 2.24) is 4.90 Å². The topological polar surface area (TPSA) is 77.0 Å². The van der Waals surface area contributed by atoms with Crippen LogP contribution >= 0.6 is 0 Å². The number of aliphatic imine (C=N–C) groups is 1. The molecule has 178 valence electrons. The summed E-state index contributed by atoms with van der Waals surface area (Å²) < 4.78 is 14.7. The van der Waals surface area contributed by atoms with Crippen LogP contribution in [0.1, 0.15) is 37.3 Å². The number of hydrogen-bond donors (Lipinski definition) is 2. The van der Waals surface area contributed by atoms with E-state index in [1.54, 1.807) is 19.1 Å². The van der Waals surface area contributed by atoms with Gasteiger partial charge in [0.2, 0.25) is 11.8 Å². The van der Waals surface area contributed by atoms with E-state index in [1.165, 1.54) is 6.07 Å². The standard InChI is InChI=1S/C26H30FN5O2/c1-2-24(33)29-18-6-8-23(21(27)15-18)32-12-10-31(11-13-32)16-17-5-7-19-22(14-17)30-26(34)20-4-3-9-28-25(19)20/h5-8,14-15,20H,2-4,9-13,16H2,1H3,(H,29,33)(H,30,34). The number of fused-ring (bicyclic) bond motifs is 3. The lowest BCUT2D eigenvalue weighted by atomic mass is 9.85. The molecule has 1 fully saturated rings. The Balaban J connectivity index is 1.21. The molecule has 1 saturated heterocycles. The van der Waals surface area contributed by atoms with Crippen molar-refractivity contribution in [1.29, 1.82) is 0 Å². The number of rotatable bonds is 5. The monoisotopic (exact) mass is 463 g/mol.